The number of hydrogen-bond acceptors (Lipinski definition) is 5. The number of rotatable bonds is 4. The second kappa shape index (κ2) is 6.93. The lowest BCUT2D eigenvalue weighted by Gasteiger charge is -2.06. The second-order valence-corrected chi connectivity index (χ2v) is 5.93. The number of carbonyl (C=O) groups is 1. The van der Waals surface area contributed by atoms with Gasteiger partial charge in [0.2, 0.25) is 0 Å². The Kier molecular flexibility index (Phi) is 5.19. The lowest BCUT2D eigenvalue weighted by atomic mass is 10.2. The van der Waals surface area contributed by atoms with Gasteiger partial charge in [-0.3, -0.25) is 9.48 Å². The Morgan fingerprint density at radius 2 is 2.18 bits per heavy atom. The molecule has 1 aromatic heterocycles. The molecule has 116 valence electrons. The van der Waals surface area contributed by atoms with E-state index in [0.717, 1.165) is 0 Å². The Bertz CT molecular complexity index is 700. The maximum atomic E-state index is 12.0. The minimum Gasteiger partial charge on any atom is -0.504 e. The quantitative estimate of drug-likeness (QED) is 0.574. The number of carbonyl (C=O) groups excluding carboxylic acids is 1. The Hall–Kier alpha value is -1.87. The van der Waals surface area contributed by atoms with Crippen LogP contribution < -0.4 is 10.2 Å². The zero-order valence-corrected chi connectivity index (χ0v) is 14.8. The van der Waals surface area contributed by atoms with E-state index in [2.05, 4.69) is 47.5 Å². The van der Waals surface area contributed by atoms with Crippen LogP contribution in [0.2, 0.25) is 0 Å². The molecule has 7 nitrogen and oxygen atoms in total. The largest absolute Gasteiger partial charge is 0.504 e. The van der Waals surface area contributed by atoms with Crippen molar-refractivity contribution in [2.75, 3.05) is 7.11 Å². The SMILES string of the molecule is COc1c(O)cc(C=NNC(=O)c2c(Br)cnn2C)cc1Br. The summed E-state index contributed by atoms with van der Waals surface area (Å²) in [6.45, 7) is 0. The summed E-state index contributed by atoms with van der Waals surface area (Å²) in [5.41, 5.74) is 3.34. The van der Waals surface area contributed by atoms with Gasteiger partial charge in [-0.05, 0) is 49.6 Å². The molecule has 22 heavy (non-hydrogen) atoms. The van der Waals surface area contributed by atoms with Crippen LogP contribution >= 0.6 is 31.9 Å². The van der Waals surface area contributed by atoms with Crippen molar-refractivity contribution >= 4 is 44.0 Å². The number of hydrogen-bond donors (Lipinski definition) is 2. The minimum atomic E-state index is -0.403. The molecule has 0 aliphatic carbocycles. The predicted octanol–water partition coefficient (Wildman–Crippen LogP) is 2.42. The predicted molar refractivity (Wildman–Crippen MR) is 88.3 cm³/mol. The lowest BCUT2D eigenvalue weighted by Crippen LogP contribution is -2.21. The number of phenols is 1. The van der Waals surface area contributed by atoms with Crippen LogP contribution in [-0.2, 0) is 7.05 Å². The highest BCUT2D eigenvalue weighted by Crippen LogP contribution is 2.34. The molecule has 0 saturated carbocycles. The molecule has 0 unspecified atom stereocenters. The molecule has 0 aliphatic heterocycles. The van der Waals surface area contributed by atoms with Crippen molar-refractivity contribution in [2.24, 2.45) is 12.1 Å². The Morgan fingerprint density at radius 3 is 2.73 bits per heavy atom. The number of nitrogens with one attached hydrogen (secondary N) is 1. The van der Waals surface area contributed by atoms with Crippen LogP contribution in [0.15, 0.2) is 32.4 Å². The van der Waals surface area contributed by atoms with Crippen LogP contribution in [0.4, 0.5) is 0 Å². The number of aromatic hydroxyl groups is 1. The topological polar surface area (TPSA) is 88.7 Å². The van der Waals surface area contributed by atoms with E-state index < -0.39 is 5.91 Å². The van der Waals surface area contributed by atoms with Crippen LogP contribution in [0.1, 0.15) is 16.1 Å². The standard InChI is InChI=1S/C13H12Br2N4O3/c1-19-11(9(15)6-17-19)13(21)18-16-5-7-3-8(14)12(22-2)10(20)4-7/h3-6,20H,1-2H3,(H,18,21). The number of ether oxygens (including phenoxy) is 1. The molecular weight excluding hydrogens is 420 g/mol. The summed E-state index contributed by atoms with van der Waals surface area (Å²) >= 11 is 6.52. The molecule has 9 heteroatoms. The zero-order valence-electron chi connectivity index (χ0n) is 11.7. The van der Waals surface area contributed by atoms with Gasteiger partial charge in [0.15, 0.2) is 11.5 Å². The van der Waals surface area contributed by atoms with Crippen LogP contribution in [0.3, 0.4) is 0 Å². The molecule has 2 rings (SSSR count). The number of benzene rings is 1. The van der Waals surface area contributed by atoms with Crippen LogP contribution in [0, 0.1) is 0 Å². The first-order valence-corrected chi connectivity index (χ1v) is 7.60. The van der Waals surface area contributed by atoms with Crippen molar-refractivity contribution in [3.8, 4) is 11.5 Å². The van der Waals surface area contributed by atoms with E-state index in [1.165, 1.54) is 30.3 Å². The first kappa shape index (κ1) is 16.5. The normalized spacial score (nSPS) is 10.9. The van der Waals surface area contributed by atoms with E-state index in [0.29, 0.717) is 26.0 Å². The molecule has 1 amide bonds. The number of nitrogens with zero attached hydrogens (tertiary/aromatic N) is 3. The maximum absolute atomic E-state index is 12.0. The van der Waals surface area contributed by atoms with Gasteiger partial charge in [0, 0.05) is 7.05 Å². The van der Waals surface area contributed by atoms with E-state index in [4.69, 9.17) is 4.74 Å². The van der Waals surface area contributed by atoms with Crippen molar-refractivity contribution in [2.45, 2.75) is 0 Å². The van der Waals surface area contributed by atoms with Gasteiger partial charge in [0.1, 0.15) is 5.69 Å². The van der Waals surface area contributed by atoms with Crippen LogP contribution in [0.25, 0.3) is 0 Å². The Labute approximate surface area is 143 Å². The molecular formula is C13H12Br2N4O3. The fourth-order valence-electron chi connectivity index (χ4n) is 1.76. The van der Waals surface area contributed by atoms with Gasteiger partial charge in [-0.25, -0.2) is 5.43 Å². The Morgan fingerprint density at radius 1 is 1.45 bits per heavy atom. The molecule has 0 fully saturated rings. The van der Waals surface area contributed by atoms with Gasteiger partial charge in [-0.15, -0.1) is 0 Å². The highest BCUT2D eigenvalue weighted by atomic mass is 79.9. The highest BCUT2D eigenvalue weighted by Gasteiger charge is 2.14. The molecule has 1 aromatic carbocycles. The van der Waals surface area contributed by atoms with E-state index in [9.17, 15) is 9.90 Å². The fraction of sp³-hybridized carbons (Fsp3) is 0.154. The van der Waals surface area contributed by atoms with Crippen molar-refractivity contribution in [1.29, 1.82) is 0 Å². The van der Waals surface area contributed by atoms with Crippen molar-refractivity contribution in [3.63, 3.8) is 0 Å². The number of methoxy groups -OCH3 is 1. The molecule has 2 N–H and O–H groups in total. The summed E-state index contributed by atoms with van der Waals surface area (Å²) in [5, 5.41) is 17.6. The Balaban J connectivity index is 2.12. The van der Waals surface area contributed by atoms with Crippen LogP contribution in [0.5, 0.6) is 11.5 Å². The molecule has 0 atom stereocenters. The van der Waals surface area contributed by atoms with Gasteiger partial charge in [0.25, 0.3) is 5.91 Å². The third-order valence-electron chi connectivity index (χ3n) is 2.74. The van der Waals surface area contributed by atoms with Crippen LogP contribution in [-0.4, -0.2) is 34.1 Å². The first-order chi connectivity index (χ1) is 10.4. The molecule has 0 bridgehead atoms. The van der Waals surface area contributed by atoms with E-state index in [1.54, 1.807) is 13.1 Å². The van der Waals surface area contributed by atoms with Crippen molar-refractivity contribution < 1.29 is 14.6 Å². The van der Waals surface area contributed by atoms with Gasteiger partial charge < -0.3 is 9.84 Å². The molecule has 2 aromatic rings. The number of aryl methyl sites for hydroxylation is 1. The smallest absolute Gasteiger partial charge is 0.290 e. The summed E-state index contributed by atoms with van der Waals surface area (Å²) in [6.07, 6.45) is 2.93. The van der Waals surface area contributed by atoms with E-state index >= 15 is 0 Å². The zero-order chi connectivity index (χ0) is 16.3. The van der Waals surface area contributed by atoms with E-state index in [1.807, 2.05) is 0 Å². The summed E-state index contributed by atoms with van der Waals surface area (Å²) in [5.74, 6) is -0.0982. The average molecular weight is 432 g/mol. The monoisotopic (exact) mass is 430 g/mol. The summed E-state index contributed by atoms with van der Waals surface area (Å²) in [6, 6.07) is 3.17. The fourth-order valence-corrected chi connectivity index (χ4v) is 2.92. The highest BCUT2D eigenvalue weighted by molar-refractivity contribution is 9.10. The number of hydrazone groups is 1. The first-order valence-electron chi connectivity index (χ1n) is 6.01. The summed E-state index contributed by atoms with van der Waals surface area (Å²) < 4.78 is 7.62. The van der Waals surface area contributed by atoms with Crippen molar-refractivity contribution in [1.82, 2.24) is 15.2 Å². The summed E-state index contributed by atoms with van der Waals surface area (Å²) in [7, 11) is 3.11. The van der Waals surface area contributed by atoms with Gasteiger partial charge in [-0.1, -0.05) is 0 Å². The number of phenolic OH excluding ortho intramolecular Hbond substituents is 1. The molecule has 0 radical (unpaired) electrons. The number of amides is 1. The second-order valence-electron chi connectivity index (χ2n) is 4.22. The molecule has 1 heterocycles. The molecule has 0 spiro atoms. The third kappa shape index (κ3) is 3.47. The van der Waals surface area contributed by atoms with Gasteiger partial charge >= 0.3 is 0 Å². The van der Waals surface area contributed by atoms with E-state index in [-0.39, 0.29) is 5.75 Å². The molecule has 0 aliphatic rings. The number of aromatic nitrogens is 2. The van der Waals surface area contributed by atoms with Gasteiger partial charge in [0.05, 0.1) is 28.5 Å². The molecule has 0 saturated heterocycles. The third-order valence-corrected chi connectivity index (χ3v) is 3.91. The average Bonchev–Trinajstić information content (AvgIpc) is 2.78. The maximum Gasteiger partial charge on any atom is 0.290 e. The lowest BCUT2D eigenvalue weighted by molar-refractivity contribution is 0.0945. The van der Waals surface area contributed by atoms with Gasteiger partial charge in [-0.2, -0.15) is 10.2 Å². The minimum absolute atomic E-state index is 0.0287. The number of halogens is 2. The van der Waals surface area contributed by atoms with Crippen molar-refractivity contribution in [3.05, 3.63) is 38.5 Å². The summed E-state index contributed by atoms with van der Waals surface area (Å²) in [4.78, 5) is 12.0.